The first-order valence-corrected chi connectivity index (χ1v) is 6.71. The number of hydrogen-bond acceptors (Lipinski definition) is 4. The molecular formula is C15H18N2O3. The van der Waals surface area contributed by atoms with Crippen molar-refractivity contribution >= 4 is 5.91 Å². The molecule has 1 unspecified atom stereocenters. The number of nitrogens with one attached hydrogen (secondary N) is 1. The number of aliphatic hydroxyl groups is 1. The van der Waals surface area contributed by atoms with E-state index in [0.29, 0.717) is 30.3 Å². The summed E-state index contributed by atoms with van der Waals surface area (Å²) in [7, 11) is 0. The average molecular weight is 274 g/mol. The van der Waals surface area contributed by atoms with Gasteiger partial charge in [0.25, 0.3) is 5.91 Å². The van der Waals surface area contributed by atoms with Gasteiger partial charge in [-0.15, -0.1) is 0 Å². The zero-order chi connectivity index (χ0) is 14.2. The van der Waals surface area contributed by atoms with Crippen molar-refractivity contribution in [2.75, 3.05) is 26.4 Å². The summed E-state index contributed by atoms with van der Waals surface area (Å²) in [5, 5.41) is 11.5. The fourth-order valence-corrected chi connectivity index (χ4v) is 2.04. The molecule has 20 heavy (non-hydrogen) atoms. The fraction of sp³-hybridized carbons (Fsp3) is 0.467. The molecule has 1 fully saturated rings. The minimum Gasteiger partial charge on any atom is -0.384 e. The molecule has 2 heterocycles. The topological polar surface area (TPSA) is 71.5 Å². The Morgan fingerprint density at radius 1 is 1.55 bits per heavy atom. The van der Waals surface area contributed by atoms with Crippen LogP contribution in [0.15, 0.2) is 18.3 Å². The highest BCUT2D eigenvalue weighted by atomic mass is 16.5. The third kappa shape index (κ3) is 4.34. The van der Waals surface area contributed by atoms with Gasteiger partial charge in [0.15, 0.2) is 0 Å². The molecule has 1 saturated heterocycles. The molecule has 2 rings (SSSR count). The highest BCUT2D eigenvalue weighted by Gasteiger charge is 2.15. The van der Waals surface area contributed by atoms with E-state index in [1.165, 1.54) is 6.20 Å². The van der Waals surface area contributed by atoms with Crippen molar-refractivity contribution in [2.45, 2.75) is 12.8 Å². The van der Waals surface area contributed by atoms with E-state index < -0.39 is 0 Å². The molecule has 5 heteroatoms. The maximum Gasteiger partial charge on any atom is 0.269 e. The monoisotopic (exact) mass is 274 g/mol. The Morgan fingerprint density at radius 2 is 2.45 bits per heavy atom. The van der Waals surface area contributed by atoms with Gasteiger partial charge in [-0.1, -0.05) is 11.8 Å². The van der Waals surface area contributed by atoms with Crippen molar-refractivity contribution in [1.82, 2.24) is 10.3 Å². The number of carbonyl (C=O) groups is 1. The van der Waals surface area contributed by atoms with Crippen molar-refractivity contribution in [2.24, 2.45) is 5.92 Å². The van der Waals surface area contributed by atoms with Crippen LogP contribution in [-0.4, -0.2) is 42.4 Å². The Balaban J connectivity index is 1.85. The maximum atomic E-state index is 11.9. The summed E-state index contributed by atoms with van der Waals surface area (Å²) in [5.74, 6) is 5.47. The fourth-order valence-electron chi connectivity index (χ4n) is 2.04. The van der Waals surface area contributed by atoms with Crippen LogP contribution in [0.3, 0.4) is 0 Å². The zero-order valence-corrected chi connectivity index (χ0v) is 11.3. The predicted molar refractivity (Wildman–Crippen MR) is 74.1 cm³/mol. The van der Waals surface area contributed by atoms with Gasteiger partial charge >= 0.3 is 0 Å². The minimum absolute atomic E-state index is 0.183. The first-order valence-electron chi connectivity index (χ1n) is 6.71. The second-order valence-electron chi connectivity index (χ2n) is 4.69. The van der Waals surface area contributed by atoms with E-state index in [-0.39, 0.29) is 12.5 Å². The Morgan fingerprint density at radius 3 is 3.10 bits per heavy atom. The van der Waals surface area contributed by atoms with Crippen molar-refractivity contribution < 1.29 is 14.6 Å². The van der Waals surface area contributed by atoms with Crippen LogP contribution >= 0.6 is 0 Å². The van der Waals surface area contributed by atoms with Gasteiger partial charge in [0.1, 0.15) is 12.3 Å². The van der Waals surface area contributed by atoms with Gasteiger partial charge < -0.3 is 15.2 Å². The number of aliphatic hydroxyl groups excluding tert-OH is 1. The summed E-state index contributed by atoms with van der Waals surface area (Å²) in [6.45, 7) is 1.96. The van der Waals surface area contributed by atoms with E-state index in [1.807, 2.05) is 0 Å². The largest absolute Gasteiger partial charge is 0.384 e. The number of pyridine rings is 1. The molecule has 0 aliphatic carbocycles. The van der Waals surface area contributed by atoms with Crippen LogP contribution < -0.4 is 5.32 Å². The normalized spacial score (nSPS) is 17.9. The Hall–Kier alpha value is -1.90. The molecule has 1 aromatic heterocycles. The quantitative estimate of drug-likeness (QED) is 0.791. The lowest BCUT2D eigenvalue weighted by Crippen LogP contribution is -2.33. The van der Waals surface area contributed by atoms with Crippen LogP contribution in [0.25, 0.3) is 0 Å². The first-order chi connectivity index (χ1) is 9.79. The molecule has 2 N–H and O–H groups in total. The molecule has 1 aliphatic heterocycles. The van der Waals surface area contributed by atoms with E-state index >= 15 is 0 Å². The second kappa shape index (κ2) is 7.63. The molecule has 1 aromatic rings. The number of carbonyl (C=O) groups excluding carboxylic acids is 1. The van der Waals surface area contributed by atoms with Gasteiger partial charge in [-0.3, -0.25) is 4.79 Å². The maximum absolute atomic E-state index is 11.9. The Bertz CT molecular complexity index is 496. The second-order valence-corrected chi connectivity index (χ2v) is 4.69. The van der Waals surface area contributed by atoms with Gasteiger partial charge in [-0.05, 0) is 30.9 Å². The van der Waals surface area contributed by atoms with Gasteiger partial charge in [-0.2, -0.15) is 0 Å². The van der Waals surface area contributed by atoms with Crippen LogP contribution in [0.2, 0.25) is 0 Å². The summed E-state index contributed by atoms with van der Waals surface area (Å²) in [6.07, 6.45) is 3.67. The molecule has 0 saturated carbocycles. The number of hydrogen-bond donors (Lipinski definition) is 2. The van der Waals surface area contributed by atoms with Crippen LogP contribution in [0.1, 0.15) is 28.9 Å². The van der Waals surface area contributed by atoms with Gasteiger partial charge in [0, 0.05) is 24.9 Å². The van der Waals surface area contributed by atoms with E-state index in [9.17, 15) is 4.79 Å². The van der Waals surface area contributed by atoms with Gasteiger partial charge in [-0.25, -0.2) is 4.98 Å². The molecule has 1 aliphatic rings. The lowest BCUT2D eigenvalue weighted by Gasteiger charge is -2.22. The third-order valence-electron chi connectivity index (χ3n) is 3.11. The van der Waals surface area contributed by atoms with Crippen molar-refractivity contribution in [3.63, 3.8) is 0 Å². The van der Waals surface area contributed by atoms with Crippen LogP contribution in [0.4, 0.5) is 0 Å². The highest BCUT2D eigenvalue weighted by molar-refractivity contribution is 5.92. The van der Waals surface area contributed by atoms with Crippen molar-refractivity contribution in [3.05, 3.63) is 29.6 Å². The average Bonchev–Trinajstić information content (AvgIpc) is 2.52. The van der Waals surface area contributed by atoms with Gasteiger partial charge in [0.2, 0.25) is 0 Å². The Kier molecular flexibility index (Phi) is 5.54. The molecule has 1 atom stereocenters. The highest BCUT2D eigenvalue weighted by Crippen LogP contribution is 2.12. The third-order valence-corrected chi connectivity index (χ3v) is 3.11. The lowest BCUT2D eigenvalue weighted by atomic mass is 10.0. The summed E-state index contributed by atoms with van der Waals surface area (Å²) in [6, 6.07) is 3.35. The number of aromatic nitrogens is 1. The predicted octanol–water partition coefficient (Wildman–Crippen LogP) is 0.582. The van der Waals surface area contributed by atoms with Crippen LogP contribution in [0.5, 0.6) is 0 Å². The SMILES string of the molecule is O=C(NCC1CCCOC1)c1ccc(C#CCO)cn1. The number of nitrogens with zero attached hydrogens (tertiary/aromatic N) is 1. The molecule has 0 radical (unpaired) electrons. The van der Waals surface area contributed by atoms with E-state index in [2.05, 4.69) is 22.1 Å². The number of rotatable bonds is 3. The molecule has 0 bridgehead atoms. The standard InChI is InChI=1S/C15H18N2O3/c18-7-1-3-12-5-6-14(16-9-12)15(19)17-10-13-4-2-8-20-11-13/h5-6,9,13,18H,2,4,7-8,10-11H2,(H,17,19). The first kappa shape index (κ1) is 14.5. The number of amides is 1. The van der Waals surface area contributed by atoms with Gasteiger partial charge in [0.05, 0.1) is 6.61 Å². The zero-order valence-electron chi connectivity index (χ0n) is 11.3. The molecule has 0 aromatic carbocycles. The molecular weight excluding hydrogens is 256 g/mol. The Labute approximate surface area is 118 Å². The molecule has 106 valence electrons. The lowest BCUT2D eigenvalue weighted by molar-refractivity contribution is 0.0535. The van der Waals surface area contributed by atoms with Crippen molar-refractivity contribution in [3.8, 4) is 11.8 Å². The van der Waals surface area contributed by atoms with Crippen LogP contribution in [-0.2, 0) is 4.74 Å². The van der Waals surface area contributed by atoms with E-state index in [1.54, 1.807) is 12.1 Å². The van der Waals surface area contributed by atoms with Crippen LogP contribution in [0, 0.1) is 17.8 Å². The molecule has 5 nitrogen and oxygen atoms in total. The summed E-state index contributed by atoms with van der Waals surface area (Å²) >= 11 is 0. The molecule has 1 amide bonds. The summed E-state index contributed by atoms with van der Waals surface area (Å²) in [4.78, 5) is 16.0. The summed E-state index contributed by atoms with van der Waals surface area (Å²) in [5.41, 5.74) is 1.05. The summed E-state index contributed by atoms with van der Waals surface area (Å²) < 4.78 is 5.37. The van der Waals surface area contributed by atoms with E-state index in [0.717, 1.165) is 19.4 Å². The molecule has 0 spiro atoms. The minimum atomic E-state index is -0.189. The number of ether oxygens (including phenoxy) is 1. The van der Waals surface area contributed by atoms with Crippen molar-refractivity contribution in [1.29, 1.82) is 0 Å². The van der Waals surface area contributed by atoms with E-state index in [4.69, 9.17) is 9.84 Å². The smallest absolute Gasteiger partial charge is 0.269 e.